The van der Waals surface area contributed by atoms with Crippen molar-refractivity contribution in [3.8, 4) is 0 Å². The van der Waals surface area contributed by atoms with Crippen molar-refractivity contribution in [1.29, 1.82) is 0 Å². The molecule has 0 saturated carbocycles. The molecule has 1 aromatic carbocycles. The fraction of sp³-hybridized carbons (Fsp3) is 0.533. The quantitative estimate of drug-likeness (QED) is 0.887. The molecule has 2 heterocycles. The smallest absolute Gasteiger partial charge is 0.253 e. The van der Waals surface area contributed by atoms with Crippen LogP contribution < -0.4 is 5.32 Å². The van der Waals surface area contributed by atoms with Gasteiger partial charge in [0.1, 0.15) is 0 Å². The summed E-state index contributed by atoms with van der Waals surface area (Å²) in [4.78, 5) is 14.7. The standard InChI is InChI=1S/C15H20N2O3S/c1-21(19,20)14-6-2-11(3-7-14)15(18)17-9-8-12-4-5-13(10-17)16-12/h2-3,6-7,12-13,16H,4-5,8-10H2,1H3. The molecular weight excluding hydrogens is 288 g/mol. The van der Waals surface area contributed by atoms with Gasteiger partial charge in [-0.2, -0.15) is 0 Å². The Kier molecular flexibility index (Phi) is 3.75. The lowest BCUT2D eigenvalue weighted by molar-refractivity contribution is 0.0748. The predicted octanol–water partition coefficient (Wildman–Crippen LogP) is 1.06. The molecular formula is C15H20N2O3S. The molecule has 2 saturated heterocycles. The lowest BCUT2D eigenvalue weighted by atomic mass is 10.1. The van der Waals surface area contributed by atoms with E-state index in [1.807, 2.05) is 4.90 Å². The Labute approximate surface area is 125 Å². The van der Waals surface area contributed by atoms with Crippen molar-refractivity contribution in [3.63, 3.8) is 0 Å². The van der Waals surface area contributed by atoms with Crippen molar-refractivity contribution in [2.24, 2.45) is 0 Å². The minimum absolute atomic E-state index is 0.00981. The number of benzene rings is 1. The van der Waals surface area contributed by atoms with Crippen molar-refractivity contribution in [2.75, 3.05) is 19.3 Å². The molecule has 1 amide bonds. The van der Waals surface area contributed by atoms with Crippen LogP contribution in [0.3, 0.4) is 0 Å². The molecule has 2 bridgehead atoms. The Bertz CT molecular complexity index is 639. The fourth-order valence-electron chi connectivity index (χ4n) is 3.15. The molecule has 1 aromatic rings. The summed E-state index contributed by atoms with van der Waals surface area (Å²) in [6.45, 7) is 1.50. The number of hydrogen-bond donors (Lipinski definition) is 1. The third-order valence-electron chi connectivity index (χ3n) is 4.34. The Morgan fingerprint density at radius 2 is 1.81 bits per heavy atom. The molecule has 0 aliphatic carbocycles. The zero-order valence-corrected chi connectivity index (χ0v) is 12.9. The molecule has 2 aliphatic rings. The number of likely N-dealkylation sites (tertiary alicyclic amines) is 1. The highest BCUT2D eigenvalue weighted by molar-refractivity contribution is 7.90. The van der Waals surface area contributed by atoms with Gasteiger partial charge in [0, 0.05) is 37.0 Å². The minimum atomic E-state index is -3.22. The van der Waals surface area contributed by atoms with Gasteiger partial charge < -0.3 is 10.2 Å². The lowest BCUT2D eigenvalue weighted by Gasteiger charge is -2.24. The van der Waals surface area contributed by atoms with Gasteiger partial charge in [-0.3, -0.25) is 4.79 Å². The van der Waals surface area contributed by atoms with E-state index in [0.717, 1.165) is 25.9 Å². The van der Waals surface area contributed by atoms with E-state index in [9.17, 15) is 13.2 Å². The second kappa shape index (κ2) is 5.42. The molecule has 2 unspecified atom stereocenters. The minimum Gasteiger partial charge on any atom is -0.337 e. The summed E-state index contributed by atoms with van der Waals surface area (Å²) in [5.74, 6) is -0.00981. The Morgan fingerprint density at radius 3 is 2.48 bits per heavy atom. The molecule has 1 N–H and O–H groups in total. The average Bonchev–Trinajstić information content (AvgIpc) is 2.77. The highest BCUT2D eigenvalue weighted by Gasteiger charge is 2.31. The van der Waals surface area contributed by atoms with Gasteiger partial charge in [0.05, 0.1) is 4.90 Å². The Hall–Kier alpha value is -1.40. The fourth-order valence-corrected chi connectivity index (χ4v) is 3.79. The maximum absolute atomic E-state index is 12.5. The summed E-state index contributed by atoms with van der Waals surface area (Å²) >= 11 is 0. The third-order valence-corrected chi connectivity index (χ3v) is 5.47. The van der Waals surface area contributed by atoms with Crippen molar-refractivity contribution in [1.82, 2.24) is 10.2 Å². The summed E-state index contributed by atoms with van der Waals surface area (Å²) in [6, 6.07) is 7.16. The zero-order valence-electron chi connectivity index (χ0n) is 12.1. The van der Waals surface area contributed by atoms with Gasteiger partial charge in [-0.15, -0.1) is 0 Å². The number of hydrogen-bond acceptors (Lipinski definition) is 4. The summed E-state index contributed by atoms with van der Waals surface area (Å²) in [7, 11) is -3.22. The van der Waals surface area contributed by atoms with E-state index in [0.29, 0.717) is 17.6 Å². The first-order valence-electron chi connectivity index (χ1n) is 7.29. The van der Waals surface area contributed by atoms with Crippen LogP contribution in [0.1, 0.15) is 29.6 Å². The van der Waals surface area contributed by atoms with Crippen molar-refractivity contribution >= 4 is 15.7 Å². The van der Waals surface area contributed by atoms with Crippen LogP contribution in [0.25, 0.3) is 0 Å². The molecule has 114 valence electrons. The Morgan fingerprint density at radius 1 is 1.14 bits per heavy atom. The molecule has 6 heteroatoms. The van der Waals surface area contributed by atoms with Gasteiger partial charge in [0.25, 0.3) is 5.91 Å². The van der Waals surface area contributed by atoms with Gasteiger partial charge in [0.15, 0.2) is 9.84 Å². The number of carbonyl (C=O) groups is 1. The van der Waals surface area contributed by atoms with Crippen LogP contribution in [0.5, 0.6) is 0 Å². The van der Waals surface area contributed by atoms with Crippen molar-refractivity contribution < 1.29 is 13.2 Å². The van der Waals surface area contributed by atoms with Crippen LogP contribution in [-0.4, -0.2) is 50.7 Å². The van der Waals surface area contributed by atoms with Crippen LogP contribution in [0.15, 0.2) is 29.2 Å². The first-order chi connectivity index (χ1) is 9.93. The highest BCUT2D eigenvalue weighted by atomic mass is 32.2. The van der Waals surface area contributed by atoms with Crippen LogP contribution >= 0.6 is 0 Å². The van der Waals surface area contributed by atoms with Gasteiger partial charge in [0.2, 0.25) is 0 Å². The van der Waals surface area contributed by atoms with Gasteiger partial charge >= 0.3 is 0 Å². The van der Waals surface area contributed by atoms with E-state index in [2.05, 4.69) is 5.32 Å². The lowest BCUT2D eigenvalue weighted by Crippen LogP contribution is -2.39. The molecule has 2 fully saturated rings. The first kappa shape index (κ1) is 14.5. The van der Waals surface area contributed by atoms with E-state index in [4.69, 9.17) is 0 Å². The molecule has 0 radical (unpaired) electrons. The summed E-state index contributed by atoms with van der Waals surface area (Å²) in [5, 5.41) is 3.54. The zero-order chi connectivity index (χ0) is 15.0. The summed E-state index contributed by atoms with van der Waals surface area (Å²) in [5.41, 5.74) is 0.556. The third kappa shape index (κ3) is 3.11. The largest absolute Gasteiger partial charge is 0.337 e. The number of carbonyl (C=O) groups excluding carboxylic acids is 1. The van der Waals surface area contributed by atoms with Crippen LogP contribution in [0, 0.1) is 0 Å². The molecule has 21 heavy (non-hydrogen) atoms. The number of nitrogens with zero attached hydrogens (tertiary/aromatic N) is 1. The van der Waals surface area contributed by atoms with Gasteiger partial charge in [-0.1, -0.05) is 0 Å². The maximum atomic E-state index is 12.5. The highest BCUT2D eigenvalue weighted by Crippen LogP contribution is 2.22. The van der Waals surface area contributed by atoms with E-state index in [1.54, 1.807) is 12.1 Å². The SMILES string of the molecule is CS(=O)(=O)c1ccc(C(=O)N2CCC3CCC(C2)N3)cc1. The van der Waals surface area contributed by atoms with E-state index >= 15 is 0 Å². The van der Waals surface area contributed by atoms with Gasteiger partial charge in [-0.05, 0) is 43.5 Å². The summed E-state index contributed by atoms with van der Waals surface area (Å²) in [6.07, 6.45) is 4.49. The second-order valence-corrected chi connectivity index (χ2v) is 7.99. The number of amides is 1. The normalized spacial score (nSPS) is 25.7. The molecule has 3 rings (SSSR count). The topological polar surface area (TPSA) is 66.5 Å². The van der Waals surface area contributed by atoms with Crippen LogP contribution in [-0.2, 0) is 9.84 Å². The predicted molar refractivity (Wildman–Crippen MR) is 80.0 cm³/mol. The van der Waals surface area contributed by atoms with E-state index in [-0.39, 0.29) is 10.8 Å². The monoisotopic (exact) mass is 308 g/mol. The summed E-state index contributed by atoms with van der Waals surface area (Å²) < 4.78 is 22.9. The molecule has 0 spiro atoms. The molecule has 5 nitrogen and oxygen atoms in total. The number of sulfone groups is 1. The van der Waals surface area contributed by atoms with Crippen LogP contribution in [0.4, 0.5) is 0 Å². The number of nitrogens with one attached hydrogen (secondary N) is 1. The Balaban J connectivity index is 1.75. The molecule has 2 aliphatic heterocycles. The second-order valence-electron chi connectivity index (χ2n) is 5.97. The molecule has 0 aromatic heterocycles. The number of rotatable bonds is 2. The number of fused-ring (bicyclic) bond motifs is 2. The van der Waals surface area contributed by atoms with Crippen molar-refractivity contribution in [2.45, 2.75) is 36.2 Å². The molecule has 2 atom stereocenters. The maximum Gasteiger partial charge on any atom is 0.253 e. The van der Waals surface area contributed by atoms with E-state index < -0.39 is 9.84 Å². The first-order valence-corrected chi connectivity index (χ1v) is 9.18. The van der Waals surface area contributed by atoms with Crippen LogP contribution in [0.2, 0.25) is 0 Å². The van der Waals surface area contributed by atoms with Gasteiger partial charge in [-0.25, -0.2) is 8.42 Å². The van der Waals surface area contributed by atoms with Crippen molar-refractivity contribution in [3.05, 3.63) is 29.8 Å². The average molecular weight is 308 g/mol. The van der Waals surface area contributed by atoms with E-state index in [1.165, 1.54) is 24.8 Å².